The first-order chi connectivity index (χ1) is 15.0. The first-order valence-electron chi connectivity index (χ1n) is 10.3. The van der Waals surface area contributed by atoms with Gasteiger partial charge in [-0.25, -0.2) is 9.97 Å². The lowest BCUT2D eigenvalue weighted by Gasteiger charge is -2.24. The average Bonchev–Trinajstić information content (AvgIpc) is 3.13. The van der Waals surface area contributed by atoms with E-state index in [1.54, 1.807) is 22.6 Å². The van der Waals surface area contributed by atoms with Crippen LogP contribution in [0.3, 0.4) is 0 Å². The van der Waals surface area contributed by atoms with E-state index in [0.29, 0.717) is 18.9 Å². The molecule has 1 unspecified atom stereocenters. The minimum Gasteiger partial charge on any atom is -0.490 e. The zero-order chi connectivity index (χ0) is 21.5. The number of nitrogens with two attached hydrogens (primary N) is 1. The number of aromatic nitrogens is 2. The number of fused-ring (bicyclic) bond motifs is 4. The standard InChI is InChI=1S/C22H24N6O2S/c1-28(2)22(29)12-3-4-14-18(8-12)31-21-19(14)20(25-11-26-21)27-16-7-13-10-24-15(13)9-17(16)30-6-5-23/h7,9-12H,3-6,8,23H2,1-2H3,(H,25,26,27). The SMILES string of the molecule is CN(C)C(=O)C1CCc2c(sc3ncnc(Nc4cc5c(cc4OCCN)=NC=5)c23)C1. The maximum Gasteiger partial charge on any atom is 0.225 e. The van der Waals surface area contributed by atoms with Gasteiger partial charge in [-0.05, 0) is 30.9 Å². The highest BCUT2D eigenvalue weighted by Gasteiger charge is 2.30. The number of carbonyl (C=O) groups excluding carboxylic acids is 1. The maximum absolute atomic E-state index is 12.5. The number of amides is 1. The summed E-state index contributed by atoms with van der Waals surface area (Å²) in [5.74, 6) is 1.68. The highest BCUT2D eigenvalue weighted by atomic mass is 32.1. The number of carbonyl (C=O) groups is 1. The molecule has 3 heterocycles. The largest absolute Gasteiger partial charge is 0.490 e. The van der Waals surface area contributed by atoms with E-state index >= 15 is 0 Å². The summed E-state index contributed by atoms with van der Waals surface area (Å²) < 4.78 is 5.85. The zero-order valence-corrected chi connectivity index (χ0v) is 18.3. The maximum atomic E-state index is 12.5. The molecule has 5 rings (SSSR count). The quantitative estimate of drug-likeness (QED) is 0.604. The first-order valence-corrected chi connectivity index (χ1v) is 11.1. The van der Waals surface area contributed by atoms with Gasteiger partial charge in [-0.2, -0.15) is 0 Å². The van der Waals surface area contributed by atoms with Crippen molar-refractivity contribution in [3.8, 4) is 5.75 Å². The second-order valence-electron chi connectivity index (χ2n) is 8.01. The second kappa shape index (κ2) is 7.90. The van der Waals surface area contributed by atoms with E-state index in [1.807, 2.05) is 32.4 Å². The molecule has 9 heteroatoms. The highest BCUT2D eigenvalue weighted by molar-refractivity contribution is 7.19. The van der Waals surface area contributed by atoms with Crippen LogP contribution >= 0.6 is 11.3 Å². The van der Waals surface area contributed by atoms with Gasteiger partial charge in [-0.15, -0.1) is 11.3 Å². The van der Waals surface area contributed by atoms with Gasteiger partial charge in [-0.1, -0.05) is 0 Å². The van der Waals surface area contributed by atoms with Crippen LogP contribution in [0.5, 0.6) is 5.75 Å². The van der Waals surface area contributed by atoms with Gasteiger partial charge in [0.2, 0.25) is 5.91 Å². The molecule has 160 valence electrons. The van der Waals surface area contributed by atoms with Gasteiger partial charge in [0.15, 0.2) is 0 Å². The molecule has 0 saturated heterocycles. The lowest BCUT2D eigenvalue weighted by atomic mass is 9.87. The lowest BCUT2D eigenvalue weighted by molar-refractivity contribution is -0.133. The van der Waals surface area contributed by atoms with Crippen LogP contribution in [0.2, 0.25) is 0 Å². The Morgan fingerprint density at radius 1 is 1.35 bits per heavy atom. The zero-order valence-electron chi connectivity index (χ0n) is 17.5. The Balaban J connectivity index is 1.52. The van der Waals surface area contributed by atoms with Gasteiger partial charge in [0.1, 0.15) is 29.3 Å². The number of nitrogens with one attached hydrogen (secondary N) is 1. The number of ether oxygens (including phenoxy) is 1. The predicted molar refractivity (Wildman–Crippen MR) is 121 cm³/mol. The number of nitrogens with zero attached hydrogens (tertiary/aromatic N) is 4. The monoisotopic (exact) mass is 436 g/mol. The van der Waals surface area contributed by atoms with Gasteiger partial charge < -0.3 is 20.7 Å². The van der Waals surface area contributed by atoms with Crippen LogP contribution in [-0.4, -0.2) is 48.0 Å². The first kappa shape index (κ1) is 19.9. The summed E-state index contributed by atoms with van der Waals surface area (Å²) in [6.45, 7) is 0.855. The van der Waals surface area contributed by atoms with Crippen molar-refractivity contribution in [2.24, 2.45) is 16.6 Å². The smallest absolute Gasteiger partial charge is 0.225 e. The second-order valence-corrected chi connectivity index (χ2v) is 9.09. The summed E-state index contributed by atoms with van der Waals surface area (Å²) in [5, 5.41) is 6.48. The average molecular weight is 437 g/mol. The van der Waals surface area contributed by atoms with Crippen molar-refractivity contribution >= 4 is 45.2 Å². The van der Waals surface area contributed by atoms with Gasteiger partial charge in [0, 0.05) is 48.9 Å². The number of hydrogen-bond donors (Lipinski definition) is 2. The molecule has 1 amide bonds. The fourth-order valence-corrected chi connectivity index (χ4v) is 5.44. The summed E-state index contributed by atoms with van der Waals surface area (Å²) in [6, 6.07) is 3.94. The fraction of sp³-hybridized carbons (Fsp3) is 0.364. The third-order valence-electron chi connectivity index (χ3n) is 5.74. The number of hydrogen-bond acceptors (Lipinski definition) is 8. The molecule has 2 aliphatic rings. The molecule has 8 nitrogen and oxygen atoms in total. The van der Waals surface area contributed by atoms with Gasteiger partial charge in [0.05, 0.1) is 16.4 Å². The van der Waals surface area contributed by atoms with Crippen molar-refractivity contribution in [3.05, 3.63) is 39.5 Å². The van der Waals surface area contributed by atoms with Crippen molar-refractivity contribution in [1.29, 1.82) is 0 Å². The van der Waals surface area contributed by atoms with Crippen molar-refractivity contribution in [3.63, 3.8) is 0 Å². The Kier molecular flexibility index (Phi) is 5.07. The Bertz CT molecular complexity index is 1300. The topological polar surface area (TPSA) is 106 Å². The van der Waals surface area contributed by atoms with Crippen molar-refractivity contribution in [2.45, 2.75) is 19.3 Å². The minimum absolute atomic E-state index is 0.0310. The lowest BCUT2D eigenvalue weighted by Crippen LogP contribution is -2.32. The van der Waals surface area contributed by atoms with E-state index < -0.39 is 0 Å². The molecule has 0 fully saturated rings. The van der Waals surface area contributed by atoms with Crippen LogP contribution in [0.1, 0.15) is 16.9 Å². The molecule has 1 aliphatic heterocycles. The van der Waals surface area contributed by atoms with E-state index in [1.165, 1.54) is 10.4 Å². The molecule has 1 aliphatic carbocycles. The van der Waals surface area contributed by atoms with Crippen LogP contribution in [0.15, 0.2) is 23.5 Å². The van der Waals surface area contributed by atoms with Crippen LogP contribution in [-0.2, 0) is 17.6 Å². The number of thiophene rings is 1. The third kappa shape index (κ3) is 3.53. The molecule has 0 radical (unpaired) electrons. The Hall–Kier alpha value is -3.04. The van der Waals surface area contributed by atoms with Crippen LogP contribution in [0, 0.1) is 5.92 Å². The molecule has 2 aromatic heterocycles. The van der Waals surface area contributed by atoms with Gasteiger partial charge >= 0.3 is 0 Å². The third-order valence-corrected chi connectivity index (χ3v) is 6.90. The van der Waals surface area contributed by atoms with E-state index in [-0.39, 0.29) is 11.8 Å². The van der Waals surface area contributed by atoms with E-state index in [0.717, 1.165) is 51.6 Å². The van der Waals surface area contributed by atoms with Crippen molar-refractivity contribution < 1.29 is 9.53 Å². The van der Waals surface area contributed by atoms with Crippen molar-refractivity contribution in [2.75, 3.05) is 32.6 Å². The minimum atomic E-state index is 0.0310. The normalized spacial score (nSPS) is 16.4. The van der Waals surface area contributed by atoms with Crippen molar-refractivity contribution in [1.82, 2.24) is 14.9 Å². The van der Waals surface area contributed by atoms with Gasteiger partial charge in [0.25, 0.3) is 0 Å². The Morgan fingerprint density at radius 3 is 2.97 bits per heavy atom. The molecular formula is C22H24N6O2S. The number of aryl methyl sites for hydroxylation is 1. The van der Waals surface area contributed by atoms with E-state index in [9.17, 15) is 4.79 Å². The van der Waals surface area contributed by atoms with Crippen LogP contribution < -0.4 is 26.4 Å². The summed E-state index contributed by atoms with van der Waals surface area (Å²) in [7, 11) is 3.64. The number of anilines is 2. The summed E-state index contributed by atoms with van der Waals surface area (Å²) in [6.07, 6.45) is 5.85. The van der Waals surface area contributed by atoms with Crippen LogP contribution in [0.4, 0.5) is 11.5 Å². The number of benzene rings is 1. The molecule has 31 heavy (non-hydrogen) atoms. The molecular weight excluding hydrogens is 412 g/mol. The molecule has 0 saturated carbocycles. The predicted octanol–water partition coefficient (Wildman–Crippen LogP) is 1.34. The summed E-state index contributed by atoms with van der Waals surface area (Å²) in [5.41, 5.74) is 7.71. The van der Waals surface area contributed by atoms with Gasteiger partial charge in [-0.3, -0.25) is 9.79 Å². The Labute approximate surface area is 183 Å². The van der Waals surface area contributed by atoms with E-state index in [4.69, 9.17) is 10.5 Å². The highest BCUT2D eigenvalue weighted by Crippen LogP contribution is 2.41. The molecule has 0 spiro atoms. The summed E-state index contributed by atoms with van der Waals surface area (Å²) >= 11 is 1.66. The number of rotatable bonds is 6. The Morgan fingerprint density at radius 2 is 2.23 bits per heavy atom. The molecule has 1 aromatic carbocycles. The van der Waals surface area contributed by atoms with Crippen LogP contribution in [0.25, 0.3) is 16.4 Å². The molecule has 3 aromatic rings. The molecule has 0 bridgehead atoms. The van der Waals surface area contributed by atoms with E-state index in [2.05, 4.69) is 20.3 Å². The summed E-state index contributed by atoms with van der Waals surface area (Å²) in [4.78, 5) is 29.7. The fourth-order valence-electron chi connectivity index (χ4n) is 4.17. The molecule has 1 atom stereocenters. The molecule has 3 N–H and O–H groups in total.